The fraction of sp³-hybridized carbons (Fsp3) is 0. The predicted molar refractivity (Wildman–Crippen MR) is 41.3 cm³/mol. The predicted octanol–water partition coefficient (Wildman–Crippen LogP) is 0.124. The molecule has 0 aromatic carbocycles. The third-order valence-corrected chi connectivity index (χ3v) is 1.61. The van der Waals surface area contributed by atoms with E-state index in [0.29, 0.717) is 5.65 Å². The van der Waals surface area contributed by atoms with Gasteiger partial charge in [-0.1, -0.05) is 0 Å². The lowest BCUT2D eigenvalue weighted by molar-refractivity contribution is 0.725. The number of nitrogens with zero attached hydrogens (tertiary/aromatic N) is 5. The zero-order valence-electron chi connectivity index (χ0n) is 4.77. The van der Waals surface area contributed by atoms with E-state index in [1.165, 1.54) is 4.63 Å². The second-order valence-corrected chi connectivity index (χ2v) is 2.79. The summed E-state index contributed by atoms with van der Waals surface area (Å²) in [6, 6.07) is 3.67. The molecule has 0 N–H and O–H groups in total. The van der Waals surface area contributed by atoms with E-state index in [1.54, 1.807) is 0 Å². The Morgan fingerprint density at radius 3 is 3.20 bits per heavy atom. The van der Waals surface area contributed by atoms with Crippen LogP contribution < -0.4 is 0 Å². The first-order chi connectivity index (χ1) is 4.86. The van der Waals surface area contributed by atoms with E-state index >= 15 is 0 Å². The minimum Gasteiger partial charge on any atom is -0.141 e. The molecule has 0 amide bonds. The molecule has 10 heavy (non-hydrogen) atoms. The lowest BCUT2D eigenvalue weighted by atomic mass is 10.6. The number of fused-ring (bicyclic) bond motifs is 1. The van der Waals surface area contributed by atoms with Crippen LogP contribution in [-0.4, -0.2) is 25.3 Å². The van der Waals surface area contributed by atoms with Gasteiger partial charge in [0.15, 0.2) is 5.65 Å². The van der Waals surface area contributed by atoms with Gasteiger partial charge in [-0.3, -0.25) is 0 Å². The van der Waals surface area contributed by atoms with Crippen LogP contribution in [0.2, 0.25) is 0 Å². The smallest absolute Gasteiger partial charge is 0.141 e. The van der Waals surface area contributed by atoms with Crippen molar-refractivity contribution in [1.29, 1.82) is 0 Å². The molecule has 0 atom stereocenters. The summed E-state index contributed by atoms with van der Waals surface area (Å²) in [6.07, 6.45) is 0. The number of hydrogen-bond donors (Lipinski definition) is 0. The van der Waals surface area contributed by atoms with Crippen molar-refractivity contribution in [3.05, 3.63) is 15.8 Å². The van der Waals surface area contributed by atoms with E-state index < -0.39 is 0 Å². The van der Waals surface area contributed by atoms with Crippen LogP contribution in [0.1, 0.15) is 0 Å². The van der Waals surface area contributed by atoms with Crippen LogP contribution in [0.4, 0.5) is 0 Å². The SMILES string of the molecule is Ic1ccc2nnnn2n1. The Bertz CT molecular complexity index is 355. The minimum absolute atomic E-state index is 0.667. The van der Waals surface area contributed by atoms with Crippen molar-refractivity contribution in [1.82, 2.24) is 25.3 Å². The lowest BCUT2D eigenvalue weighted by Crippen LogP contribution is -1.94. The molecule has 0 saturated carbocycles. The van der Waals surface area contributed by atoms with Crippen LogP contribution >= 0.6 is 22.6 Å². The van der Waals surface area contributed by atoms with Gasteiger partial charge >= 0.3 is 0 Å². The normalized spacial score (nSPS) is 10.5. The van der Waals surface area contributed by atoms with Gasteiger partial charge in [-0.15, -0.1) is 14.8 Å². The number of hydrogen-bond acceptors (Lipinski definition) is 4. The van der Waals surface area contributed by atoms with Gasteiger partial charge in [-0.25, -0.2) is 0 Å². The summed E-state index contributed by atoms with van der Waals surface area (Å²) in [4.78, 5) is 0. The van der Waals surface area contributed by atoms with Gasteiger partial charge in [0, 0.05) is 0 Å². The molecule has 0 unspecified atom stereocenters. The van der Waals surface area contributed by atoms with Gasteiger partial charge in [0.05, 0.1) is 0 Å². The highest BCUT2D eigenvalue weighted by Gasteiger charge is 1.95. The van der Waals surface area contributed by atoms with E-state index in [9.17, 15) is 0 Å². The maximum absolute atomic E-state index is 4.00. The van der Waals surface area contributed by atoms with Gasteiger partial charge in [-0.05, 0) is 45.2 Å². The van der Waals surface area contributed by atoms with Crippen molar-refractivity contribution >= 4 is 28.2 Å². The zero-order valence-corrected chi connectivity index (χ0v) is 6.93. The first-order valence-corrected chi connectivity index (χ1v) is 3.65. The second kappa shape index (κ2) is 2.11. The first-order valence-electron chi connectivity index (χ1n) is 2.57. The molecule has 0 fully saturated rings. The standard InChI is InChI=1S/C4H2IN5/c5-3-1-2-4-6-8-9-10(4)7-3/h1-2H. The highest BCUT2D eigenvalue weighted by atomic mass is 127. The Morgan fingerprint density at radius 2 is 2.30 bits per heavy atom. The summed E-state index contributed by atoms with van der Waals surface area (Å²) in [6.45, 7) is 0. The van der Waals surface area contributed by atoms with E-state index in [2.05, 4.69) is 43.2 Å². The number of tetrazole rings is 1. The maximum atomic E-state index is 4.00. The van der Waals surface area contributed by atoms with Crippen molar-refractivity contribution < 1.29 is 0 Å². The van der Waals surface area contributed by atoms with Gasteiger partial charge in [-0.2, -0.15) is 0 Å². The molecule has 50 valence electrons. The molecule has 2 heterocycles. The third kappa shape index (κ3) is 0.838. The third-order valence-electron chi connectivity index (χ3n) is 1.04. The Labute approximate surface area is 69.6 Å². The Hall–Kier alpha value is -0.790. The summed E-state index contributed by atoms with van der Waals surface area (Å²) in [7, 11) is 0. The molecule has 0 aliphatic carbocycles. The van der Waals surface area contributed by atoms with Crippen molar-refractivity contribution in [3.8, 4) is 0 Å². The van der Waals surface area contributed by atoms with Crippen LogP contribution in [-0.2, 0) is 0 Å². The lowest BCUT2D eigenvalue weighted by Gasteiger charge is -1.86. The second-order valence-electron chi connectivity index (χ2n) is 1.68. The zero-order chi connectivity index (χ0) is 6.97. The Morgan fingerprint density at radius 1 is 1.40 bits per heavy atom. The van der Waals surface area contributed by atoms with Crippen LogP contribution in [0.25, 0.3) is 5.65 Å². The fourth-order valence-corrected chi connectivity index (χ4v) is 1.01. The highest BCUT2D eigenvalue weighted by molar-refractivity contribution is 14.1. The number of halogens is 1. The monoisotopic (exact) mass is 247 g/mol. The quantitative estimate of drug-likeness (QED) is 0.620. The van der Waals surface area contributed by atoms with Crippen molar-refractivity contribution in [2.75, 3.05) is 0 Å². The van der Waals surface area contributed by atoms with Crippen molar-refractivity contribution in [2.45, 2.75) is 0 Å². The highest BCUT2D eigenvalue weighted by Crippen LogP contribution is 1.99. The van der Waals surface area contributed by atoms with Gasteiger partial charge < -0.3 is 0 Å². The minimum atomic E-state index is 0.667. The molecule has 5 nitrogen and oxygen atoms in total. The van der Waals surface area contributed by atoms with Gasteiger partial charge in [0.2, 0.25) is 0 Å². The summed E-state index contributed by atoms with van der Waals surface area (Å²) in [5, 5.41) is 14.8. The van der Waals surface area contributed by atoms with Crippen LogP contribution in [0, 0.1) is 3.70 Å². The molecular formula is C4H2IN5. The summed E-state index contributed by atoms with van der Waals surface area (Å²) in [5.74, 6) is 0. The molecular weight excluding hydrogens is 245 g/mol. The van der Waals surface area contributed by atoms with Crippen molar-refractivity contribution in [3.63, 3.8) is 0 Å². The molecule has 0 aliphatic heterocycles. The fourth-order valence-electron chi connectivity index (χ4n) is 0.628. The van der Waals surface area contributed by atoms with E-state index in [4.69, 9.17) is 0 Å². The molecule has 2 aromatic heterocycles. The average Bonchev–Trinajstić information content (AvgIpc) is 2.33. The molecule has 2 aromatic rings. The van der Waals surface area contributed by atoms with E-state index in [1.807, 2.05) is 12.1 Å². The van der Waals surface area contributed by atoms with Crippen LogP contribution in [0.15, 0.2) is 12.1 Å². The van der Waals surface area contributed by atoms with E-state index in [0.717, 1.165) is 3.70 Å². The largest absolute Gasteiger partial charge is 0.200 e. The van der Waals surface area contributed by atoms with Gasteiger partial charge in [0.25, 0.3) is 0 Å². The molecule has 0 aliphatic rings. The number of aromatic nitrogens is 5. The van der Waals surface area contributed by atoms with Gasteiger partial charge in [0.1, 0.15) is 3.70 Å². The van der Waals surface area contributed by atoms with E-state index in [-0.39, 0.29) is 0 Å². The molecule has 0 bridgehead atoms. The molecule has 0 spiro atoms. The van der Waals surface area contributed by atoms with Crippen LogP contribution in [0.3, 0.4) is 0 Å². The molecule has 0 radical (unpaired) electrons. The summed E-state index contributed by atoms with van der Waals surface area (Å²) >= 11 is 2.10. The Kier molecular flexibility index (Phi) is 1.26. The summed E-state index contributed by atoms with van der Waals surface area (Å²) in [5.41, 5.74) is 0.667. The van der Waals surface area contributed by atoms with Crippen LogP contribution in [0.5, 0.6) is 0 Å². The van der Waals surface area contributed by atoms with Crippen molar-refractivity contribution in [2.24, 2.45) is 0 Å². The molecule has 0 saturated heterocycles. The average molecular weight is 247 g/mol. The number of rotatable bonds is 0. The topological polar surface area (TPSA) is 56.0 Å². The summed E-state index contributed by atoms with van der Waals surface area (Å²) < 4.78 is 2.26. The molecule has 2 rings (SSSR count). The first kappa shape index (κ1) is 5.96. The maximum Gasteiger partial charge on any atom is 0.200 e. The molecule has 6 heteroatoms. The Balaban J connectivity index is 2.86.